The summed E-state index contributed by atoms with van der Waals surface area (Å²) >= 11 is 6.76. The van der Waals surface area contributed by atoms with Gasteiger partial charge in [0.2, 0.25) is 11.1 Å². The Hall–Kier alpha value is -1.94. The monoisotopic (exact) mass is 379 g/mol. The minimum Gasteiger partial charge on any atom is -0.351 e. The smallest absolute Gasteiger partial charge is 0.351 e. The Balaban J connectivity index is 1.97. The predicted molar refractivity (Wildman–Crippen MR) is 83.8 cm³/mol. The molecule has 2 rings (SSSR count). The molecule has 1 unspecified atom stereocenters. The molecule has 0 saturated heterocycles. The molecule has 0 radical (unpaired) electrons. The molecule has 1 amide bonds. The van der Waals surface area contributed by atoms with Crippen LogP contribution in [0.4, 0.5) is 13.2 Å². The van der Waals surface area contributed by atoms with Crippen LogP contribution in [0.15, 0.2) is 29.4 Å². The normalized spacial score (nSPS) is 12.9. The Morgan fingerprint density at radius 1 is 1.42 bits per heavy atom. The second-order valence-electron chi connectivity index (χ2n) is 4.74. The van der Waals surface area contributed by atoms with E-state index in [-0.39, 0.29) is 11.7 Å². The molecule has 0 spiro atoms. The van der Waals surface area contributed by atoms with Crippen LogP contribution in [-0.4, -0.2) is 26.0 Å². The summed E-state index contributed by atoms with van der Waals surface area (Å²) in [7, 11) is 0. The zero-order valence-electron chi connectivity index (χ0n) is 12.3. The van der Waals surface area contributed by atoms with Crippen molar-refractivity contribution in [1.29, 1.82) is 0 Å². The Labute approximate surface area is 144 Å². The van der Waals surface area contributed by atoms with Gasteiger partial charge in [0.05, 0.1) is 5.25 Å². The first-order valence-corrected chi connectivity index (χ1v) is 7.91. The summed E-state index contributed by atoms with van der Waals surface area (Å²) in [4.78, 5) is 12.1. The first-order chi connectivity index (χ1) is 11.2. The fourth-order valence-electron chi connectivity index (χ4n) is 1.73. The minimum atomic E-state index is -4.71. The van der Waals surface area contributed by atoms with Crippen LogP contribution in [0, 0.1) is 0 Å². The average Bonchev–Trinajstić information content (AvgIpc) is 2.87. The Kier molecular flexibility index (Phi) is 5.60. The maximum Gasteiger partial charge on any atom is 0.453 e. The third kappa shape index (κ3) is 4.32. The summed E-state index contributed by atoms with van der Waals surface area (Å²) in [5, 5.41) is 8.60. The molecule has 3 N–H and O–H groups in total. The van der Waals surface area contributed by atoms with Crippen LogP contribution in [0.25, 0.3) is 0 Å². The van der Waals surface area contributed by atoms with E-state index in [0.29, 0.717) is 9.70 Å². The van der Waals surface area contributed by atoms with Crippen molar-refractivity contribution in [3.05, 3.63) is 40.7 Å². The van der Waals surface area contributed by atoms with Crippen LogP contribution in [0.5, 0.6) is 0 Å². The van der Waals surface area contributed by atoms with E-state index in [2.05, 4.69) is 15.5 Å². The predicted octanol–water partition coefficient (Wildman–Crippen LogP) is 2.46. The lowest BCUT2D eigenvalue weighted by atomic mass is 10.2. The Morgan fingerprint density at radius 2 is 2.08 bits per heavy atom. The highest BCUT2D eigenvalue weighted by atomic mass is 35.5. The number of benzene rings is 1. The molecule has 24 heavy (non-hydrogen) atoms. The van der Waals surface area contributed by atoms with Crippen molar-refractivity contribution in [2.45, 2.75) is 30.1 Å². The van der Waals surface area contributed by atoms with Gasteiger partial charge >= 0.3 is 6.18 Å². The largest absolute Gasteiger partial charge is 0.453 e. The number of halogens is 4. The van der Waals surface area contributed by atoms with Crippen LogP contribution < -0.4 is 11.2 Å². The molecule has 2 aromatic rings. The van der Waals surface area contributed by atoms with Gasteiger partial charge in [0.1, 0.15) is 0 Å². The number of nitrogens with two attached hydrogens (primary N) is 1. The van der Waals surface area contributed by atoms with E-state index in [1.807, 2.05) is 0 Å². The summed E-state index contributed by atoms with van der Waals surface area (Å²) in [5.74, 6) is 3.61. The SMILES string of the molecule is CC(Sc1nnc(C(F)(F)F)n1N)C(=O)NCc1ccccc1Cl. The minimum absolute atomic E-state index is 0.201. The molecule has 1 aromatic carbocycles. The van der Waals surface area contributed by atoms with E-state index in [1.165, 1.54) is 6.92 Å². The van der Waals surface area contributed by atoms with Gasteiger partial charge in [0.15, 0.2) is 0 Å². The van der Waals surface area contributed by atoms with E-state index in [1.54, 1.807) is 24.3 Å². The van der Waals surface area contributed by atoms with Crippen molar-refractivity contribution in [3.63, 3.8) is 0 Å². The summed E-state index contributed by atoms with van der Waals surface area (Å²) in [6.07, 6.45) is -4.71. The van der Waals surface area contributed by atoms with Gasteiger partial charge in [-0.1, -0.05) is 41.6 Å². The lowest BCUT2D eigenvalue weighted by molar-refractivity contribution is -0.146. The third-order valence-electron chi connectivity index (χ3n) is 2.98. The van der Waals surface area contributed by atoms with E-state index in [4.69, 9.17) is 17.4 Å². The molecule has 1 atom stereocenters. The van der Waals surface area contributed by atoms with Gasteiger partial charge in [-0.3, -0.25) is 4.79 Å². The summed E-state index contributed by atoms with van der Waals surface area (Å²) < 4.78 is 38.1. The second-order valence-corrected chi connectivity index (χ2v) is 6.46. The number of rotatable bonds is 5. The molecule has 1 heterocycles. The third-order valence-corrected chi connectivity index (χ3v) is 4.41. The summed E-state index contributed by atoms with van der Waals surface area (Å²) in [5.41, 5.74) is 0.728. The topological polar surface area (TPSA) is 85.8 Å². The van der Waals surface area contributed by atoms with Gasteiger partial charge in [-0.25, -0.2) is 4.68 Å². The van der Waals surface area contributed by atoms with Crippen molar-refractivity contribution >= 4 is 29.3 Å². The highest BCUT2D eigenvalue weighted by molar-refractivity contribution is 8.00. The number of aromatic nitrogens is 3. The number of nitrogen functional groups attached to an aromatic ring is 1. The van der Waals surface area contributed by atoms with Crippen LogP contribution in [-0.2, 0) is 17.5 Å². The van der Waals surface area contributed by atoms with Crippen molar-refractivity contribution < 1.29 is 18.0 Å². The zero-order valence-corrected chi connectivity index (χ0v) is 13.9. The molecule has 1 aromatic heterocycles. The first kappa shape index (κ1) is 18.4. The quantitative estimate of drug-likeness (QED) is 0.615. The van der Waals surface area contributed by atoms with E-state index < -0.39 is 23.2 Å². The molecule has 11 heteroatoms. The highest BCUT2D eigenvalue weighted by Crippen LogP contribution is 2.30. The van der Waals surface area contributed by atoms with Crippen LogP contribution >= 0.6 is 23.4 Å². The fraction of sp³-hybridized carbons (Fsp3) is 0.308. The van der Waals surface area contributed by atoms with Crippen LogP contribution in [0.2, 0.25) is 5.02 Å². The average molecular weight is 380 g/mol. The van der Waals surface area contributed by atoms with Crippen molar-refractivity contribution in [1.82, 2.24) is 20.2 Å². The zero-order chi connectivity index (χ0) is 17.9. The molecular weight excluding hydrogens is 367 g/mol. The standard InChI is InChI=1S/C13H13ClF3N5OS/c1-7(10(23)19-6-8-4-2-3-5-9(8)14)24-12-21-20-11(22(12)18)13(15,16)17/h2-5,7H,6,18H2,1H3,(H,19,23). The van der Waals surface area contributed by atoms with Gasteiger partial charge < -0.3 is 11.2 Å². The number of alkyl halides is 3. The lowest BCUT2D eigenvalue weighted by Crippen LogP contribution is -2.31. The molecule has 0 aliphatic heterocycles. The number of carbonyl (C=O) groups is 1. The second kappa shape index (κ2) is 7.31. The fourth-order valence-corrected chi connectivity index (χ4v) is 2.73. The van der Waals surface area contributed by atoms with Gasteiger partial charge in [-0.2, -0.15) is 13.2 Å². The number of hydrogen-bond acceptors (Lipinski definition) is 5. The molecule has 0 bridgehead atoms. The number of amides is 1. The summed E-state index contributed by atoms with van der Waals surface area (Å²) in [6, 6.07) is 6.99. The number of nitrogens with zero attached hydrogens (tertiary/aromatic N) is 3. The van der Waals surface area contributed by atoms with Gasteiger partial charge in [-0.15, -0.1) is 10.2 Å². The Bertz CT molecular complexity index is 737. The van der Waals surface area contributed by atoms with E-state index in [0.717, 1.165) is 17.3 Å². The molecule has 0 aliphatic carbocycles. The maximum absolute atomic E-state index is 12.6. The van der Waals surface area contributed by atoms with Crippen molar-refractivity contribution in [2.75, 3.05) is 5.84 Å². The van der Waals surface area contributed by atoms with Gasteiger partial charge in [0.25, 0.3) is 5.82 Å². The molecule has 0 saturated carbocycles. The molecule has 0 fully saturated rings. The van der Waals surface area contributed by atoms with Crippen molar-refractivity contribution in [2.24, 2.45) is 0 Å². The van der Waals surface area contributed by atoms with Crippen LogP contribution in [0.1, 0.15) is 18.3 Å². The Morgan fingerprint density at radius 3 is 2.67 bits per heavy atom. The van der Waals surface area contributed by atoms with Crippen molar-refractivity contribution in [3.8, 4) is 0 Å². The number of carbonyl (C=O) groups excluding carboxylic acids is 1. The molecule has 6 nitrogen and oxygen atoms in total. The lowest BCUT2D eigenvalue weighted by Gasteiger charge is -2.12. The van der Waals surface area contributed by atoms with E-state index in [9.17, 15) is 18.0 Å². The molecule has 130 valence electrons. The van der Waals surface area contributed by atoms with Gasteiger partial charge in [-0.05, 0) is 18.6 Å². The maximum atomic E-state index is 12.6. The molecular formula is C13H13ClF3N5OS. The number of nitrogens with one attached hydrogen (secondary N) is 1. The molecule has 0 aliphatic rings. The van der Waals surface area contributed by atoms with E-state index >= 15 is 0 Å². The summed E-state index contributed by atoms with van der Waals surface area (Å²) in [6.45, 7) is 1.72. The highest BCUT2D eigenvalue weighted by Gasteiger charge is 2.38. The first-order valence-electron chi connectivity index (χ1n) is 6.65. The number of hydrogen-bond donors (Lipinski definition) is 2. The van der Waals surface area contributed by atoms with Gasteiger partial charge in [0, 0.05) is 11.6 Å². The van der Waals surface area contributed by atoms with Crippen LogP contribution in [0.3, 0.4) is 0 Å². The number of thioether (sulfide) groups is 1.